The Morgan fingerprint density at radius 1 is 1.25 bits per heavy atom. The summed E-state index contributed by atoms with van der Waals surface area (Å²) in [7, 11) is 0. The highest BCUT2D eigenvalue weighted by molar-refractivity contribution is 4.97. The van der Waals surface area contributed by atoms with Crippen LogP contribution in [0.4, 0.5) is 0 Å². The summed E-state index contributed by atoms with van der Waals surface area (Å²) in [5, 5.41) is 0. The van der Waals surface area contributed by atoms with Crippen molar-refractivity contribution in [2.45, 2.75) is 18.6 Å². The fraction of sp³-hybridized carbons (Fsp3) is 0.429. The van der Waals surface area contributed by atoms with Crippen molar-refractivity contribution in [2.24, 2.45) is 0 Å². The molecule has 8 heavy (non-hydrogen) atoms. The van der Waals surface area contributed by atoms with E-state index in [1.807, 2.05) is 12.2 Å². The Hall–Kier alpha value is -0.560. The molecule has 1 nitrogen and oxygen atoms in total. The van der Waals surface area contributed by atoms with Crippen LogP contribution < -0.4 is 0 Å². The number of rotatable bonds is 2. The molecular weight excluding hydrogens is 100 g/mol. The minimum Gasteiger partial charge on any atom is -0.367 e. The topological polar surface area (TPSA) is 9.23 Å². The lowest BCUT2D eigenvalue weighted by atomic mass is 10.1. The van der Waals surface area contributed by atoms with Gasteiger partial charge in [0.05, 0.1) is 12.2 Å². The quantitative estimate of drug-likeness (QED) is 0.490. The van der Waals surface area contributed by atoms with Gasteiger partial charge in [0.1, 0.15) is 0 Å². The molecule has 1 aliphatic heterocycles. The minimum atomic E-state index is 0.290. The molecule has 1 fully saturated rings. The normalized spacial score (nSPS) is 35.5. The van der Waals surface area contributed by atoms with Gasteiger partial charge in [-0.1, -0.05) is 12.2 Å². The monoisotopic (exact) mass is 110 g/mol. The molecule has 1 heteroatoms. The molecule has 44 valence electrons. The maximum Gasteiger partial charge on any atom is 0.0789 e. The Labute approximate surface area is 49.7 Å². The summed E-state index contributed by atoms with van der Waals surface area (Å²) in [4.78, 5) is 0. The average molecular weight is 110 g/mol. The third-order valence-corrected chi connectivity index (χ3v) is 1.34. The number of hydrogen-bond acceptors (Lipinski definition) is 1. The van der Waals surface area contributed by atoms with Crippen LogP contribution in [0.25, 0.3) is 0 Å². The molecule has 2 unspecified atom stereocenters. The van der Waals surface area contributed by atoms with Crippen LogP contribution in [-0.4, -0.2) is 12.2 Å². The van der Waals surface area contributed by atoms with E-state index in [-0.39, 0.29) is 12.2 Å². The smallest absolute Gasteiger partial charge is 0.0789 e. The van der Waals surface area contributed by atoms with Crippen molar-refractivity contribution in [3.63, 3.8) is 0 Å². The Morgan fingerprint density at radius 2 is 1.62 bits per heavy atom. The van der Waals surface area contributed by atoms with Crippen molar-refractivity contribution in [2.75, 3.05) is 0 Å². The van der Waals surface area contributed by atoms with Crippen LogP contribution in [0.2, 0.25) is 0 Å². The number of ether oxygens (including phenoxy) is 1. The van der Waals surface area contributed by atoms with E-state index >= 15 is 0 Å². The third-order valence-electron chi connectivity index (χ3n) is 1.34. The van der Waals surface area contributed by atoms with Gasteiger partial charge in [0.15, 0.2) is 0 Å². The Balaban J connectivity index is 2.20. The van der Waals surface area contributed by atoms with Gasteiger partial charge < -0.3 is 4.74 Å². The van der Waals surface area contributed by atoms with E-state index in [2.05, 4.69) is 13.2 Å². The van der Waals surface area contributed by atoms with Crippen molar-refractivity contribution in [1.29, 1.82) is 0 Å². The molecule has 0 aliphatic carbocycles. The maximum absolute atomic E-state index is 5.20. The molecule has 0 aromatic rings. The van der Waals surface area contributed by atoms with Gasteiger partial charge in [-0.25, -0.2) is 0 Å². The van der Waals surface area contributed by atoms with Crippen molar-refractivity contribution in [3.05, 3.63) is 25.3 Å². The Bertz CT molecular complexity index is 89.0. The SMILES string of the molecule is C=CC1CC(C=C)O1. The fourth-order valence-corrected chi connectivity index (χ4v) is 0.746. The molecule has 1 aliphatic rings. The summed E-state index contributed by atoms with van der Waals surface area (Å²) >= 11 is 0. The summed E-state index contributed by atoms with van der Waals surface area (Å²) in [5.74, 6) is 0. The van der Waals surface area contributed by atoms with E-state index in [0.29, 0.717) is 0 Å². The summed E-state index contributed by atoms with van der Waals surface area (Å²) in [5.41, 5.74) is 0. The van der Waals surface area contributed by atoms with Gasteiger partial charge in [-0.2, -0.15) is 0 Å². The number of hydrogen-bond donors (Lipinski definition) is 0. The summed E-state index contributed by atoms with van der Waals surface area (Å²) in [6, 6.07) is 0. The molecule has 1 rings (SSSR count). The van der Waals surface area contributed by atoms with Gasteiger partial charge in [0, 0.05) is 6.42 Å². The van der Waals surface area contributed by atoms with Crippen LogP contribution in [-0.2, 0) is 4.74 Å². The molecule has 0 aromatic carbocycles. The van der Waals surface area contributed by atoms with Gasteiger partial charge in [0.25, 0.3) is 0 Å². The zero-order valence-electron chi connectivity index (χ0n) is 4.84. The van der Waals surface area contributed by atoms with E-state index in [1.54, 1.807) is 0 Å². The highest BCUT2D eigenvalue weighted by atomic mass is 16.5. The summed E-state index contributed by atoms with van der Waals surface area (Å²) < 4.78 is 5.20. The first-order valence-electron chi connectivity index (χ1n) is 2.77. The van der Waals surface area contributed by atoms with Crippen molar-refractivity contribution < 1.29 is 4.74 Å². The molecule has 1 heterocycles. The predicted octanol–water partition coefficient (Wildman–Crippen LogP) is 1.52. The molecule has 0 radical (unpaired) electrons. The van der Waals surface area contributed by atoms with Crippen molar-refractivity contribution in [3.8, 4) is 0 Å². The van der Waals surface area contributed by atoms with Crippen LogP contribution >= 0.6 is 0 Å². The average Bonchev–Trinajstić information content (AvgIpc) is 1.65. The van der Waals surface area contributed by atoms with Gasteiger partial charge in [-0.15, -0.1) is 13.2 Å². The minimum absolute atomic E-state index is 0.290. The predicted molar refractivity (Wildman–Crippen MR) is 33.7 cm³/mol. The first-order chi connectivity index (χ1) is 3.86. The molecule has 1 saturated heterocycles. The molecule has 0 amide bonds. The second kappa shape index (κ2) is 2.14. The van der Waals surface area contributed by atoms with E-state index in [1.165, 1.54) is 0 Å². The van der Waals surface area contributed by atoms with Crippen LogP contribution in [0.5, 0.6) is 0 Å². The second-order valence-corrected chi connectivity index (χ2v) is 1.92. The summed E-state index contributed by atoms with van der Waals surface area (Å²) in [6.07, 6.45) is 5.28. The standard InChI is InChI=1S/C7H10O/c1-3-6-5-7(4-2)8-6/h3-4,6-7H,1-2,5H2. The van der Waals surface area contributed by atoms with Gasteiger partial charge in [-0.3, -0.25) is 0 Å². The lowest BCUT2D eigenvalue weighted by Crippen LogP contribution is -2.33. The van der Waals surface area contributed by atoms with E-state index in [9.17, 15) is 0 Å². The van der Waals surface area contributed by atoms with Crippen LogP contribution in [0.15, 0.2) is 25.3 Å². The highest BCUT2D eigenvalue weighted by Gasteiger charge is 2.23. The molecule has 0 bridgehead atoms. The Kier molecular flexibility index (Phi) is 1.49. The molecule has 0 spiro atoms. The largest absolute Gasteiger partial charge is 0.367 e. The van der Waals surface area contributed by atoms with Gasteiger partial charge in [-0.05, 0) is 0 Å². The van der Waals surface area contributed by atoms with E-state index in [4.69, 9.17) is 4.74 Å². The molecule has 2 atom stereocenters. The first kappa shape index (κ1) is 5.57. The van der Waals surface area contributed by atoms with Crippen LogP contribution in [0.3, 0.4) is 0 Å². The van der Waals surface area contributed by atoms with Gasteiger partial charge in [0.2, 0.25) is 0 Å². The first-order valence-corrected chi connectivity index (χ1v) is 2.77. The fourth-order valence-electron chi connectivity index (χ4n) is 0.746. The summed E-state index contributed by atoms with van der Waals surface area (Å²) in [6.45, 7) is 7.18. The van der Waals surface area contributed by atoms with Gasteiger partial charge >= 0.3 is 0 Å². The Morgan fingerprint density at radius 3 is 1.88 bits per heavy atom. The maximum atomic E-state index is 5.20. The van der Waals surface area contributed by atoms with Crippen LogP contribution in [0, 0.1) is 0 Å². The molecule has 0 saturated carbocycles. The molecule has 0 N–H and O–H groups in total. The van der Waals surface area contributed by atoms with E-state index in [0.717, 1.165) is 6.42 Å². The second-order valence-electron chi connectivity index (χ2n) is 1.92. The van der Waals surface area contributed by atoms with E-state index < -0.39 is 0 Å². The van der Waals surface area contributed by atoms with Crippen molar-refractivity contribution >= 4 is 0 Å². The lowest BCUT2D eigenvalue weighted by Gasteiger charge is -2.31. The molecule has 0 aromatic heterocycles. The molecular formula is C7H10O. The zero-order valence-corrected chi connectivity index (χ0v) is 4.84. The van der Waals surface area contributed by atoms with Crippen molar-refractivity contribution in [1.82, 2.24) is 0 Å². The zero-order chi connectivity index (χ0) is 5.98. The lowest BCUT2D eigenvalue weighted by molar-refractivity contribution is -0.0683. The highest BCUT2D eigenvalue weighted by Crippen LogP contribution is 2.21. The van der Waals surface area contributed by atoms with Crippen LogP contribution in [0.1, 0.15) is 6.42 Å². The third kappa shape index (κ3) is 0.819.